The van der Waals surface area contributed by atoms with E-state index in [1.165, 1.54) is 0 Å². The Morgan fingerprint density at radius 1 is 1.29 bits per heavy atom. The largest absolute Gasteiger partial charge is 0.378 e. The minimum Gasteiger partial charge on any atom is -0.378 e. The Balaban J connectivity index is 2.64. The number of unbranched alkanes of at least 4 members (excludes halogenated alkanes) is 2. The van der Waals surface area contributed by atoms with Gasteiger partial charge in [0, 0.05) is 20.1 Å². The Morgan fingerprint density at radius 3 is 2.76 bits per heavy atom. The second kappa shape index (κ2) is 7.37. The predicted molar refractivity (Wildman–Crippen MR) is 59.5 cm³/mol. The van der Waals surface area contributed by atoms with Crippen molar-refractivity contribution in [2.24, 2.45) is 0 Å². The van der Waals surface area contributed by atoms with E-state index in [-0.39, 0.29) is 6.42 Å². The van der Waals surface area contributed by atoms with E-state index in [0.29, 0.717) is 25.3 Å². The van der Waals surface area contributed by atoms with Gasteiger partial charge in [0.25, 0.3) is 0 Å². The fraction of sp³-hybridized carbons (Fsp3) is 0.636. The summed E-state index contributed by atoms with van der Waals surface area (Å²) in [5.41, 5.74) is 1.53. The van der Waals surface area contributed by atoms with Crippen molar-refractivity contribution in [2.45, 2.75) is 38.8 Å². The molecule has 0 unspecified atom stereocenters. The summed E-state index contributed by atoms with van der Waals surface area (Å²) < 4.78 is 6.84. The summed E-state index contributed by atoms with van der Waals surface area (Å²) in [6, 6.07) is 4.16. The van der Waals surface area contributed by atoms with Crippen molar-refractivity contribution >= 4 is 0 Å². The molecule has 0 atom stereocenters. The molecule has 0 N–H and O–H groups in total. The third-order valence-corrected chi connectivity index (χ3v) is 2.35. The van der Waals surface area contributed by atoms with Gasteiger partial charge in [0.2, 0.25) is 0 Å². The number of hydrogen-bond acceptors (Lipinski definition) is 5. The minimum absolute atomic E-state index is 0.247. The van der Waals surface area contributed by atoms with Crippen molar-refractivity contribution in [2.75, 3.05) is 7.11 Å². The lowest BCUT2D eigenvalue weighted by Gasteiger charge is -2.05. The number of rotatable bonds is 7. The van der Waals surface area contributed by atoms with Crippen molar-refractivity contribution < 1.29 is 4.74 Å². The molecule has 0 aliphatic carbocycles. The molecule has 0 saturated heterocycles. The lowest BCUT2D eigenvalue weighted by atomic mass is 10.2. The topological polar surface area (TPSA) is 87.5 Å². The van der Waals surface area contributed by atoms with Crippen LogP contribution in [0, 0.1) is 22.7 Å². The van der Waals surface area contributed by atoms with Crippen molar-refractivity contribution in [3.63, 3.8) is 0 Å². The van der Waals surface area contributed by atoms with E-state index < -0.39 is 0 Å². The summed E-state index contributed by atoms with van der Waals surface area (Å²) >= 11 is 0. The molecule has 0 spiro atoms. The van der Waals surface area contributed by atoms with Gasteiger partial charge in [0.15, 0.2) is 0 Å². The molecule has 6 heteroatoms. The van der Waals surface area contributed by atoms with E-state index in [1.54, 1.807) is 11.8 Å². The molecule has 0 bridgehead atoms. The van der Waals surface area contributed by atoms with Gasteiger partial charge in [-0.05, 0) is 12.8 Å². The second-order valence-electron chi connectivity index (χ2n) is 3.59. The molecule has 1 aromatic rings. The van der Waals surface area contributed by atoms with Gasteiger partial charge in [0.1, 0.15) is 5.69 Å². The molecule has 0 aliphatic heterocycles. The molecule has 1 rings (SSSR count). The zero-order valence-electron chi connectivity index (χ0n) is 9.89. The quantitative estimate of drug-likeness (QED) is 0.660. The van der Waals surface area contributed by atoms with E-state index in [2.05, 4.69) is 22.5 Å². The number of aromatic nitrogens is 3. The van der Waals surface area contributed by atoms with Crippen LogP contribution in [-0.2, 0) is 24.3 Å². The van der Waals surface area contributed by atoms with Gasteiger partial charge in [-0.25, -0.2) is 4.68 Å². The Bertz CT molecular complexity index is 426. The molecule has 6 nitrogen and oxygen atoms in total. The van der Waals surface area contributed by atoms with Crippen LogP contribution < -0.4 is 0 Å². The van der Waals surface area contributed by atoms with Crippen LogP contribution in [0.15, 0.2) is 0 Å². The Labute approximate surface area is 100 Å². The van der Waals surface area contributed by atoms with Crippen molar-refractivity contribution in [3.8, 4) is 12.1 Å². The molecular weight excluding hydrogens is 218 g/mol. The molecule has 1 heterocycles. The monoisotopic (exact) mass is 233 g/mol. The van der Waals surface area contributed by atoms with Gasteiger partial charge >= 0.3 is 0 Å². The van der Waals surface area contributed by atoms with Crippen LogP contribution in [0.5, 0.6) is 0 Å². The number of nitriles is 2. The highest BCUT2D eigenvalue weighted by molar-refractivity contribution is 5.13. The molecule has 90 valence electrons. The summed E-state index contributed by atoms with van der Waals surface area (Å²) in [6.07, 6.45) is 2.52. The SMILES string of the molecule is COCc1c(CC#N)nnn1CCCCC#N. The third kappa shape index (κ3) is 3.86. The van der Waals surface area contributed by atoms with Gasteiger partial charge in [0.05, 0.1) is 30.9 Å². The highest BCUT2D eigenvalue weighted by Gasteiger charge is 2.11. The number of methoxy groups -OCH3 is 1. The summed E-state index contributed by atoms with van der Waals surface area (Å²) in [5, 5.41) is 25.1. The zero-order valence-corrected chi connectivity index (χ0v) is 9.89. The van der Waals surface area contributed by atoms with Crippen molar-refractivity contribution in [1.82, 2.24) is 15.0 Å². The van der Waals surface area contributed by atoms with Crippen molar-refractivity contribution in [1.29, 1.82) is 10.5 Å². The van der Waals surface area contributed by atoms with E-state index in [4.69, 9.17) is 15.3 Å². The average molecular weight is 233 g/mol. The molecule has 1 aromatic heterocycles. The van der Waals surface area contributed by atoms with E-state index >= 15 is 0 Å². The maximum atomic E-state index is 8.66. The van der Waals surface area contributed by atoms with Crippen LogP contribution in [0.2, 0.25) is 0 Å². The highest BCUT2D eigenvalue weighted by atomic mass is 16.5. The summed E-state index contributed by atoms with van der Waals surface area (Å²) in [7, 11) is 1.60. The molecule has 0 radical (unpaired) electrons. The molecule has 0 aliphatic rings. The van der Waals surface area contributed by atoms with Crippen LogP contribution >= 0.6 is 0 Å². The van der Waals surface area contributed by atoms with Crippen LogP contribution in [0.4, 0.5) is 0 Å². The van der Waals surface area contributed by atoms with E-state index in [9.17, 15) is 0 Å². The van der Waals surface area contributed by atoms with Crippen LogP contribution in [0.25, 0.3) is 0 Å². The smallest absolute Gasteiger partial charge is 0.102 e. The Kier molecular flexibility index (Phi) is 5.70. The predicted octanol–water partition coefficient (Wildman–Crippen LogP) is 1.18. The van der Waals surface area contributed by atoms with Gasteiger partial charge in [-0.15, -0.1) is 5.10 Å². The molecule has 0 saturated carbocycles. The average Bonchev–Trinajstić information content (AvgIpc) is 2.69. The first-order valence-corrected chi connectivity index (χ1v) is 5.47. The first-order valence-electron chi connectivity index (χ1n) is 5.47. The number of aryl methyl sites for hydroxylation is 1. The fourth-order valence-corrected chi connectivity index (χ4v) is 1.52. The summed E-state index contributed by atoms with van der Waals surface area (Å²) in [5.74, 6) is 0. The van der Waals surface area contributed by atoms with Gasteiger partial charge in [-0.2, -0.15) is 10.5 Å². The zero-order chi connectivity index (χ0) is 12.5. The van der Waals surface area contributed by atoms with Gasteiger partial charge < -0.3 is 4.74 Å². The van der Waals surface area contributed by atoms with Crippen LogP contribution in [-0.4, -0.2) is 22.1 Å². The second-order valence-corrected chi connectivity index (χ2v) is 3.59. The third-order valence-electron chi connectivity index (χ3n) is 2.35. The minimum atomic E-state index is 0.247. The molecule has 0 amide bonds. The van der Waals surface area contributed by atoms with Crippen molar-refractivity contribution in [3.05, 3.63) is 11.4 Å². The van der Waals surface area contributed by atoms with Gasteiger partial charge in [-0.1, -0.05) is 5.21 Å². The maximum Gasteiger partial charge on any atom is 0.102 e. The van der Waals surface area contributed by atoms with Gasteiger partial charge in [-0.3, -0.25) is 0 Å². The lowest BCUT2D eigenvalue weighted by molar-refractivity contribution is 0.175. The molecule has 0 fully saturated rings. The normalized spacial score (nSPS) is 9.82. The summed E-state index contributed by atoms with van der Waals surface area (Å²) in [4.78, 5) is 0. The Morgan fingerprint density at radius 2 is 2.12 bits per heavy atom. The lowest BCUT2D eigenvalue weighted by Crippen LogP contribution is -2.07. The number of hydrogen-bond donors (Lipinski definition) is 0. The Hall–Kier alpha value is -1.92. The highest BCUT2D eigenvalue weighted by Crippen LogP contribution is 2.09. The molecule has 0 aromatic carbocycles. The standard InChI is InChI=1S/C11H15N5O/c1-17-9-11-10(5-7-13)14-15-16(11)8-4-2-3-6-12/h2-5,8-9H2,1H3. The fourth-order valence-electron chi connectivity index (χ4n) is 1.52. The molecule has 17 heavy (non-hydrogen) atoms. The maximum absolute atomic E-state index is 8.66. The van der Waals surface area contributed by atoms with E-state index in [0.717, 1.165) is 18.5 Å². The molecular formula is C11H15N5O. The number of ether oxygens (including phenoxy) is 1. The van der Waals surface area contributed by atoms with Crippen LogP contribution in [0.3, 0.4) is 0 Å². The summed E-state index contributed by atoms with van der Waals surface area (Å²) in [6.45, 7) is 1.11. The first kappa shape index (κ1) is 13.1. The number of nitrogens with zero attached hydrogens (tertiary/aromatic N) is 5. The first-order chi connectivity index (χ1) is 8.33. The van der Waals surface area contributed by atoms with Crippen LogP contribution in [0.1, 0.15) is 30.7 Å². The van der Waals surface area contributed by atoms with E-state index in [1.807, 2.05) is 0 Å².